The number of carbonyl (C=O) groups is 2. The summed E-state index contributed by atoms with van der Waals surface area (Å²) in [5.74, 6) is -0.265. The molecule has 0 bridgehead atoms. The predicted molar refractivity (Wildman–Crippen MR) is 123 cm³/mol. The Morgan fingerprint density at radius 3 is 2.31 bits per heavy atom. The summed E-state index contributed by atoms with van der Waals surface area (Å²) in [5.41, 5.74) is 4.29. The summed E-state index contributed by atoms with van der Waals surface area (Å²) in [6.07, 6.45) is 1.08. The van der Waals surface area contributed by atoms with Gasteiger partial charge in [0.25, 0.3) is 5.91 Å². The molecule has 0 aliphatic rings. The SMILES string of the molecule is COc1cc(/C=C(\C#N)C(=O)OC(C)C)ccc1OCC(=O)Nc1c(C)cc(C)cc1C. The molecule has 0 unspecified atom stereocenters. The third-order valence-electron chi connectivity index (χ3n) is 4.48. The second-order valence-electron chi connectivity index (χ2n) is 7.64. The van der Waals surface area contributed by atoms with Gasteiger partial charge >= 0.3 is 5.97 Å². The summed E-state index contributed by atoms with van der Waals surface area (Å²) >= 11 is 0. The van der Waals surface area contributed by atoms with E-state index in [1.54, 1.807) is 32.0 Å². The van der Waals surface area contributed by atoms with E-state index in [2.05, 4.69) is 5.32 Å². The highest BCUT2D eigenvalue weighted by Gasteiger charge is 2.14. The van der Waals surface area contributed by atoms with Crippen molar-refractivity contribution < 1.29 is 23.8 Å². The molecule has 32 heavy (non-hydrogen) atoms. The van der Waals surface area contributed by atoms with Gasteiger partial charge in [0.1, 0.15) is 11.6 Å². The van der Waals surface area contributed by atoms with Crippen LogP contribution in [0.4, 0.5) is 5.69 Å². The molecule has 0 radical (unpaired) electrons. The zero-order valence-electron chi connectivity index (χ0n) is 19.2. The van der Waals surface area contributed by atoms with E-state index in [9.17, 15) is 14.9 Å². The van der Waals surface area contributed by atoms with Crippen LogP contribution in [0, 0.1) is 32.1 Å². The summed E-state index contributed by atoms with van der Waals surface area (Å²) < 4.78 is 16.0. The van der Waals surface area contributed by atoms with Crippen LogP contribution in [0.15, 0.2) is 35.9 Å². The molecule has 0 spiro atoms. The number of hydrogen-bond acceptors (Lipinski definition) is 6. The van der Waals surface area contributed by atoms with Gasteiger partial charge in [-0.05, 0) is 69.5 Å². The van der Waals surface area contributed by atoms with Gasteiger partial charge in [-0.2, -0.15) is 5.26 Å². The molecule has 0 saturated carbocycles. The molecule has 0 fully saturated rings. The molecular weight excluding hydrogens is 408 g/mol. The lowest BCUT2D eigenvalue weighted by atomic mass is 10.1. The number of ether oxygens (including phenoxy) is 3. The monoisotopic (exact) mass is 436 g/mol. The molecule has 0 saturated heterocycles. The summed E-state index contributed by atoms with van der Waals surface area (Å²) in [6.45, 7) is 9.10. The number of benzene rings is 2. The van der Waals surface area contributed by atoms with Crippen molar-refractivity contribution in [3.8, 4) is 17.6 Å². The van der Waals surface area contributed by atoms with Crippen LogP contribution in [0.5, 0.6) is 11.5 Å². The molecule has 2 aromatic carbocycles. The molecule has 2 rings (SSSR count). The van der Waals surface area contributed by atoms with E-state index in [0.717, 1.165) is 22.4 Å². The number of methoxy groups -OCH3 is 1. The first kappa shape index (κ1) is 24.5. The number of anilines is 1. The number of nitrogens with zero attached hydrogens (tertiary/aromatic N) is 1. The van der Waals surface area contributed by atoms with Crippen LogP contribution < -0.4 is 14.8 Å². The van der Waals surface area contributed by atoms with Crippen LogP contribution in [-0.2, 0) is 14.3 Å². The zero-order chi connectivity index (χ0) is 23.8. The molecule has 0 atom stereocenters. The summed E-state index contributed by atoms with van der Waals surface area (Å²) in [5, 5.41) is 12.1. The van der Waals surface area contributed by atoms with E-state index < -0.39 is 5.97 Å². The minimum atomic E-state index is -0.694. The summed E-state index contributed by atoms with van der Waals surface area (Å²) in [7, 11) is 1.47. The van der Waals surface area contributed by atoms with Crippen molar-refractivity contribution in [3.05, 3.63) is 58.2 Å². The molecule has 7 nitrogen and oxygen atoms in total. The lowest BCUT2D eigenvalue weighted by Gasteiger charge is -2.14. The highest BCUT2D eigenvalue weighted by Crippen LogP contribution is 2.29. The molecule has 0 heterocycles. The average molecular weight is 437 g/mol. The first-order valence-electron chi connectivity index (χ1n) is 10.2. The van der Waals surface area contributed by atoms with Crippen LogP contribution in [-0.4, -0.2) is 31.7 Å². The first-order valence-corrected chi connectivity index (χ1v) is 10.2. The van der Waals surface area contributed by atoms with E-state index in [1.165, 1.54) is 13.2 Å². The van der Waals surface area contributed by atoms with Gasteiger partial charge in [-0.25, -0.2) is 4.79 Å². The molecular formula is C25H28N2O5. The number of carbonyl (C=O) groups excluding carboxylic acids is 2. The Bertz CT molecular complexity index is 1060. The zero-order valence-corrected chi connectivity index (χ0v) is 19.2. The average Bonchev–Trinajstić information content (AvgIpc) is 2.72. The number of nitrogens with one attached hydrogen (secondary N) is 1. The van der Waals surface area contributed by atoms with Gasteiger partial charge in [0.15, 0.2) is 18.1 Å². The Hall–Kier alpha value is -3.79. The maximum absolute atomic E-state index is 12.4. The van der Waals surface area contributed by atoms with Gasteiger partial charge < -0.3 is 19.5 Å². The van der Waals surface area contributed by atoms with Crippen molar-refractivity contribution in [2.45, 2.75) is 40.7 Å². The molecule has 1 N–H and O–H groups in total. The third kappa shape index (κ3) is 6.61. The van der Waals surface area contributed by atoms with E-state index in [1.807, 2.05) is 39.0 Å². The second-order valence-corrected chi connectivity index (χ2v) is 7.64. The number of rotatable bonds is 8. The van der Waals surface area contributed by atoms with Crippen molar-refractivity contribution in [2.24, 2.45) is 0 Å². The number of nitriles is 1. The van der Waals surface area contributed by atoms with Crippen molar-refractivity contribution in [2.75, 3.05) is 19.0 Å². The highest BCUT2D eigenvalue weighted by molar-refractivity contribution is 5.98. The van der Waals surface area contributed by atoms with Crippen molar-refractivity contribution >= 4 is 23.6 Å². The Morgan fingerprint density at radius 2 is 1.75 bits per heavy atom. The van der Waals surface area contributed by atoms with Crippen LogP contribution in [0.2, 0.25) is 0 Å². The molecule has 0 aliphatic heterocycles. The summed E-state index contributed by atoms with van der Waals surface area (Å²) in [6, 6.07) is 10.7. The maximum Gasteiger partial charge on any atom is 0.349 e. The predicted octanol–water partition coefficient (Wildman–Crippen LogP) is 4.50. The minimum absolute atomic E-state index is 0.127. The lowest BCUT2D eigenvalue weighted by molar-refractivity contribution is -0.142. The number of esters is 1. The van der Waals surface area contributed by atoms with Gasteiger partial charge in [0.05, 0.1) is 13.2 Å². The van der Waals surface area contributed by atoms with Crippen LogP contribution in [0.1, 0.15) is 36.1 Å². The van der Waals surface area contributed by atoms with Crippen molar-refractivity contribution in [1.82, 2.24) is 0 Å². The van der Waals surface area contributed by atoms with E-state index in [4.69, 9.17) is 14.2 Å². The Labute approximate surface area is 188 Å². The topological polar surface area (TPSA) is 97.7 Å². The van der Waals surface area contributed by atoms with Crippen LogP contribution in [0.3, 0.4) is 0 Å². The minimum Gasteiger partial charge on any atom is -0.493 e. The van der Waals surface area contributed by atoms with Crippen molar-refractivity contribution in [3.63, 3.8) is 0 Å². The van der Waals surface area contributed by atoms with Gasteiger partial charge in [-0.15, -0.1) is 0 Å². The van der Waals surface area contributed by atoms with Gasteiger partial charge in [0, 0.05) is 5.69 Å². The van der Waals surface area contributed by atoms with Crippen molar-refractivity contribution in [1.29, 1.82) is 5.26 Å². The standard InChI is InChI=1S/C25H28N2O5/c1-15(2)32-25(29)20(13-26)11-19-7-8-21(22(12-19)30-6)31-14-23(28)27-24-17(4)9-16(3)10-18(24)5/h7-12,15H,14H2,1-6H3,(H,27,28)/b20-11+. The Morgan fingerprint density at radius 1 is 1.09 bits per heavy atom. The molecule has 168 valence electrons. The Balaban J connectivity index is 2.12. The van der Waals surface area contributed by atoms with Gasteiger partial charge in [0.2, 0.25) is 0 Å². The molecule has 0 aromatic heterocycles. The maximum atomic E-state index is 12.4. The number of hydrogen-bond donors (Lipinski definition) is 1. The van der Waals surface area contributed by atoms with E-state index in [0.29, 0.717) is 17.1 Å². The molecule has 0 aliphatic carbocycles. The van der Waals surface area contributed by atoms with Gasteiger partial charge in [-0.1, -0.05) is 23.8 Å². The number of amides is 1. The number of aryl methyl sites for hydroxylation is 3. The first-order chi connectivity index (χ1) is 15.1. The third-order valence-corrected chi connectivity index (χ3v) is 4.48. The highest BCUT2D eigenvalue weighted by atomic mass is 16.5. The van der Waals surface area contributed by atoms with E-state index >= 15 is 0 Å². The fourth-order valence-electron chi connectivity index (χ4n) is 3.17. The van der Waals surface area contributed by atoms with Crippen LogP contribution >= 0.6 is 0 Å². The fraction of sp³-hybridized carbons (Fsp3) is 0.320. The fourth-order valence-corrected chi connectivity index (χ4v) is 3.17. The molecule has 2 aromatic rings. The largest absolute Gasteiger partial charge is 0.493 e. The quantitative estimate of drug-likeness (QED) is 0.372. The molecule has 7 heteroatoms. The smallest absolute Gasteiger partial charge is 0.349 e. The Kier molecular flexibility index (Phi) is 8.42. The second kappa shape index (κ2) is 11.0. The van der Waals surface area contributed by atoms with Crippen LogP contribution in [0.25, 0.3) is 6.08 Å². The molecule has 1 amide bonds. The normalized spacial score (nSPS) is 11.0. The van der Waals surface area contributed by atoms with E-state index in [-0.39, 0.29) is 24.2 Å². The summed E-state index contributed by atoms with van der Waals surface area (Å²) in [4.78, 5) is 24.4. The van der Waals surface area contributed by atoms with Gasteiger partial charge in [-0.3, -0.25) is 4.79 Å². The lowest BCUT2D eigenvalue weighted by Crippen LogP contribution is -2.21.